The summed E-state index contributed by atoms with van der Waals surface area (Å²) in [5, 5.41) is 2.56. The van der Waals surface area contributed by atoms with Gasteiger partial charge in [0.25, 0.3) is 0 Å². The van der Waals surface area contributed by atoms with Gasteiger partial charge < -0.3 is 4.74 Å². The molecule has 0 atom stereocenters. The number of nitrogens with zero attached hydrogens (tertiary/aromatic N) is 1. The normalized spacial score (nSPS) is 17.7. The number of hydrogen-bond acceptors (Lipinski definition) is 3. The Labute approximate surface area is 132 Å². The van der Waals surface area contributed by atoms with Crippen molar-refractivity contribution < 1.29 is 4.74 Å². The fourth-order valence-electron chi connectivity index (χ4n) is 2.58. The van der Waals surface area contributed by atoms with E-state index in [0.29, 0.717) is 6.10 Å². The van der Waals surface area contributed by atoms with Gasteiger partial charge in [-0.25, -0.2) is 4.31 Å². The number of rotatable bonds is 3. The van der Waals surface area contributed by atoms with Crippen LogP contribution in [0.5, 0.6) is 0 Å². The van der Waals surface area contributed by atoms with Crippen molar-refractivity contribution in [2.24, 2.45) is 0 Å². The van der Waals surface area contributed by atoms with Crippen LogP contribution in [0.15, 0.2) is 45.8 Å². The molecule has 2 aromatic rings. The topological polar surface area (TPSA) is 12.5 Å². The van der Waals surface area contributed by atoms with Crippen molar-refractivity contribution in [1.29, 1.82) is 0 Å². The molecule has 106 valence electrons. The molecular weight excluding hydrogens is 334 g/mol. The predicted molar refractivity (Wildman–Crippen MR) is 89.1 cm³/mol. The fraction of sp³-hybridized carbons (Fsp3) is 0.375. The molecule has 2 aromatic carbocycles. The Hall–Kier alpha value is -0.550. The van der Waals surface area contributed by atoms with Gasteiger partial charge in [0.1, 0.15) is 0 Å². The molecule has 1 saturated heterocycles. The summed E-state index contributed by atoms with van der Waals surface area (Å²) < 4.78 is 9.06. The summed E-state index contributed by atoms with van der Waals surface area (Å²) in [4.78, 5) is 1.29. The Morgan fingerprint density at radius 2 is 1.90 bits per heavy atom. The maximum Gasteiger partial charge on any atom is 0.0596 e. The molecule has 0 amide bonds. The second kappa shape index (κ2) is 6.48. The quantitative estimate of drug-likeness (QED) is 0.742. The Kier molecular flexibility index (Phi) is 4.66. The van der Waals surface area contributed by atoms with Crippen LogP contribution < -0.4 is 0 Å². The molecule has 20 heavy (non-hydrogen) atoms. The van der Waals surface area contributed by atoms with Gasteiger partial charge in [-0.3, -0.25) is 0 Å². The first kappa shape index (κ1) is 14.4. The number of hydrogen-bond donors (Lipinski definition) is 0. The summed E-state index contributed by atoms with van der Waals surface area (Å²) in [6.07, 6.45) is 2.68. The van der Waals surface area contributed by atoms with E-state index in [-0.39, 0.29) is 0 Å². The molecule has 1 aliphatic heterocycles. The van der Waals surface area contributed by atoms with E-state index < -0.39 is 0 Å². The molecule has 0 unspecified atom stereocenters. The third-order valence-electron chi connectivity index (χ3n) is 3.79. The lowest BCUT2D eigenvalue weighted by Gasteiger charge is -2.30. The molecule has 0 bridgehead atoms. The number of benzene rings is 2. The maximum atomic E-state index is 5.43. The first-order valence-corrected chi connectivity index (χ1v) is 8.47. The van der Waals surface area contributed by atoms with Crippen molar-refractivity contribution in [3.63, 3.8) is 0 Å². The van der Waals surface area contributed by atoms with E-state index in [9.17, 15) is 0 Å². The van der Waals surface area contributed by atoms with Gasteiger partial charge >= 0.3 is 0 Å². The van der Waals surface area contributed by atoms with Crippen molar-refractivity contribution in [3.05, 3.63) is 40.9 Å². The van der Waals surface area contributed by atoms with Crippen LogP contribution in [0.3, 0.4) is 0 Å². The monoisotopic (exact) mass is 351 g/mol. The molecule has 0 radical (unpaired) electrons. The van der Waals surface area contributed by atoms with E-state index in [2.05, 4.69) is 56.6 Å². The Morgan fingerprint density at radius 3 is 2.65 bits per heavy atom. The van der Waals surface area contributed by atoms with Gasteiger partial charge in [-0.1, -0.05) is 30.3 Å². The molecule has 4 heteroatoms. The number of methoxy groups -OCH3 is 1. The van der Waals surface area contributed by atoms with Crippen LogP contribution in [0.2, 0.25) is 0 Å². The van der Waals surface area contributed by atoms with Crippen molar-refractivity contribution in [2.45, 2.75) is 23.8 Å². The van der Waals surface area contributed by atoms with E-state index in [1.165, 1.54) is 20.1 Å². The average molecular weight is 352 g/mol. The summed E-state index contributed by atoms with van der Waals surface area (Å²) in [6, 6.07) is 12.9. The molecule has 1 fully saturated rings. The van der Waals surface area contributed by atoms with Crippen molar-refractivity contribution in [3.8, 4) is 0 Å². The molecule has 1 heterocycles. The number of ether oxygens (including phenoxy) is 1. The standard InChI is InChI=1S/C16H18BrNOS/c1-19-13-8-10-18(11-9-13)20-15-7-6-12-4-2-3-5-14(12)16(15)17/h2-7,13H,8-11H2,1H3. The van der Waals surface area contributed by atoms with Crippen LogP contribution in [-0.4, -0.2) is 30.6 Å². The van der Waals surface area contributed by atoms with E-state index in [1.54, 1.807) is 0 Å². The zero-order valence-corrected chi connectivity index (χ0v) is 13.9. The van der Waals surface area contributed by atoms with E-state index in [0.717, 1.165) is 25.9 Å². The molecule has 0 spiro atoms. The summed E-state index contributed by atoms with van der Waals surface area (Å²) >= 11 is 5.61. The molecule has 2 nitrogen and oxygen atoms in total. The highest BCUT2D eigenvalue weighted by atomic mass is 79.9. The number of fused-ring (bicyclic) bond motifs is 1. The number of halogens is 1. The van der Waals surface area contributed by atoms with E-state index in [1.807, 2.05) is 19.1 Å². The second-order valence-corrected chi connectivity index (χ2v) is 6.99. The lowest BCUT2D eigenvalue weighted by Crippen LogP contribution is -2.32. The summed E-state index contributed by atoms with van der Waals surface area (Å²) in [6.45, 7) is 2.17. The van der Waals surface area contributed by atoms with Crippen molar-refractivity contribution in [1.82, 2.24) is 4.31 Å². The van der Waals surface area contributed by atoms with Gasteiger partial charge in [0.2, 0.25) is 0 Å². The molecule has 0 aliphatic carbocycles. The van der Waals surface area contributed by atoms with Crippen molar-refractivity contribution in [2.75, 3.05) is 20.2 Å². The van der Waals surface area contributed by atoms with Crippen LogP contribution in [-0.2, 0) is 4.74 Å². The highest BCUT2D eigenvalue weighted by molar-refractivity contribution is 9.10. The van der Waals surface area contributed by atoms with E-state index in [4.69, 9.17) is 4.74 Å². The first-order chi connectivity index (χ1) is 9.78. The number of piperidine rings is 1. The predicted octanol–water partition coefficient (Wildman–Crippen LogP) is 4.72. The Balaban J connectivity index is 1.76. The Morgan fingerprint density at radius 1 is 1.15 bits per heavy atom. The molecule has 3 rings (SSSR count). The molecule has 0 aromatic heterocycles. The van der Waals surface area contributed by atoms with E-state index >= 15 is 0 Å². The lowest BCUT2D eigenvalue weighted by molar-refractivity contribution is 0.0624. The maximum absolute atomic E-state index is 5.43. The summed E-state index contributed by atoms with van der Waals surface area (Å²) in [7, 11) is 1.81. The van der Waals surface area contributed by atoms with Crippen LogP contribution in [0, 0.1) is 0 Å². The fourth-order valence-corrected chi connectivity index (χ4v) is 4.28. The minimum Gasteiger partial charge on any atom is -0.381 e. The second-order valence-electron chi connectivity index (χ2n) is 5.05. The SMILES string of the molecule is COC1CCN(Sc2ccc3ccccc3c2Br)CC1. The summed E-state index contributed by atoms with van der Waals surface area (Å²) in [5.41, 5.74) is 0. The van der Waals surface area contributed by atoms with Gasteiger partial charge in [0, 0.05) is 29.6 Å². The highest BCUT2D eigenvalue weighted by Gasteiger charge is 2.20. The first-order valence-electron chi connectivity index (χ1n) is 6.91. The molecule has 0 N–H and O–H groups in total. The van der Waals surface area contributed by atoms with Crippen LogP contribution in [0.4, 0.5) is 0 Å². The van der Waals surface area contributed by atoms with Gasteiger partial charge in [-0.15, -0.1) is 0 Å². The smallest absolute Gasteiger partial charge is 0.0596 e. The van der Waals surface area contributed by atoms with Crippen molar-refractivity contribution >= 4 is 38.7 Å². The zero-order chi connectivity index (χ0) is 13.9. The lowest BCUT2D eigenvalue weighted by atomic mass is 10.1. The molecular formula is C16H18BrNOS. The third kappa shape index (κ3) is 3.03. The van der Waals surface area contributed by atoms with Gasteiger partial charge in [-0.05, 0) is 57.6 Å². The third-order valence-corrected chi connectivity index (χ3v) is 6.07. The van der Waals surface area contributed by atoms with Gasteiger partial charge in [0.05, 0.1) is 6.10 Å². The summed E-state index contributed by atoms with van der Waals surface area (Å²) in [5.74, 6) is 0. The largest absolute Gasteiger partial charge is 0.381 e. The van der Waals surface area contributed by atoms with Gasteiger partial charge in [-0.2, -0.15) is 0 Å². The zero-order valence-electron chi connectivity index (χ0n) is 11.5. The van der Waals surface area contributed by atoms with Crippen LogP contribution in [0.1, 0.15) is 12.8 Å². The average Bonchev–Trinajstić information content (AvgIpc) is 2.51. The van der Waals surface area contributed by atoms with Gasteiger partial charge in [0.15, 0.2) is 0 Å². The molecule has 0 saturated carbocycles. The van der Waals surface area contributed by atoms with Crippen LogP contribution in [0.25, 0.3) is 10.8 Å². The minimum absolute atomic E-state index is 0.437. The minimum atomic E-state index is 0.437. The molecule has 1 aliphatic rings. The Bertz CT molecular complexity index is 596. The van der Waals surface area contributed by atoms with Crippen LogP contribution >= 0.6 is 27.9 Å². The highest BCUT2D eigenvalue weighted by Crippen LogP contribution is 2.36.